The van der Waals surface area contributed by atoms with Crippen molar-refractivity contribution in [3.8, 4) is 11.3 Å². The summed E-state index contributed by atoms with van der Waals surface area (Å²) in [6.07, 6.45) is 1.80. The van der Waals surface area contributed by atoms with Gasteiger partial charge < -0.3 is 9.73 Å². The third-order valence-electron chi connectivity index (χ3n) is 3.19. The summed E-state index contributed by atoms with van der Waals surface area (Å²) in [7, 11) is 0. The number of hydrogen-bond donors (Lipinski definition) is 1. The molecule has 1 N–H and O–H groups in total. The lowest BCUT2D eigenvalue weighted by molar-refractivity contribution is 0.492. The standard InChI is InChI=1S/C17H14Br2N2O/c18-12-4-6-15(16(19)9-12)17-7-5-14(22-17)11-20-10-13-3-1-2-8-21-13/h1-9,20H,10-11H2. The van der Waals surface area contributed by atoms with Gasteiger partial charge in [0.1, 0.15) is 11.5 Å². The average molecular weight is 422 g/mol. The van der Waals surface area contributed by atoms with Crippen molar-refractivity contribution in [3.05, 3.63) is 75.1 Å². The normalized spacial score (nSPS) is 10.8. The molecular weight excluding hydrogens is 408 g/mol. The van der Waals surface area contributed by atoms with Crippen LogP contribution >= 0.6 is 31.9 Å². The van der Waals surface area contributed by atoms with Crippen molar-refractivity contribution in [3.63, 3.8) is 0 Å². The minimum Gasteiger partial charge on any atom is -0.460 e. The van der Waals surface area contributed by atoms with Gasteiger partial charge in [-0.3, -0.25) is 4.98 Å². The fraction of sp³-hybridized carbons (Fsp3) is 0.118. The molecule has 112 valence electrons. The molecule has 3 aromatic rings. The number of halogens is 2. The number of aromatic nitrogens is 1. The molecule has 3 nitrogen and oxygen atoms in total. The molecule has 0 bridgehead atoms. The first-order chi connectivity index (χ1) is 10.7. The Hall–Kier alpha value is -1.43. The molecule has 0 aliphatic carbocycles. The zero-order valence-corrected chi connectivity index (χ0v) is 14.9. The molecule has 3 rings (SSSR count). The van der Waals surface area contributed by atoms with Gasteiger partial charge in [-0.05, 0) is 58.4 Å². The Bertz CT molecular complexity index is 756. The lowest BCUT2D eigenvalue weighted by Gasteiger charge is -2.03. The van der Waals surface area contributed by atoms with Gasteiger partial charge in [0.15, 0.2) is 0 Å². The predicted octanol–water partition coefficient (Wildman–Crippen LogP) is 5.16. The van der Waals surface area contributed by atoms with Gasteiger partial charge in [0.25, 0.3) is 0 Å². The zero-order valence-electron chi connectivity index (χ0n) is 11.7. The van der Waals surface area contributed by atoms with Crippen LogP contribution in [0.2, 0.25) is 0 Å². The van der Waals surface area contributed by atoms with Gasteiger partial charge in [0.05, 0.1) is 12.2 Å². The van der Waals surface area contributed by atoms with Crippen molar-refractivity contribution in [1.29, 1.82) is 0 Å². The van der Waals surface area contributed by atoms with E-state index in [1.54, 1.807) is 6.20 Å². The fourth-order valence-electron chi connectivity index (χ4n) is 2.12. The molecular formula is C17H14Br2N2O. The highest BCUT2D eigenvalue weighted by atomic mass is 79.9. The maximum Gasteiger partial charge on any atom is 0.135 e. The maximum atomic E-state index is 5.90. The van der Waals surface area contributed by atoms with Crippen molar-refractivity contribution in [2.45, 2.75) is 13.1 Å². The molecule has 0 unspecified atom stereocenters. The Balaban J connectivity index is 1.64. The third-order valence-corrected chi connectivity index (χ3v) is 4.34. The van der Waals surface area contributed by atoms with E-state index in [0.717, 1.165) is 38.3 Å². The fourth-order valence-corrected chi connectivity index (χ4v) is 3.37. The topological polar surface area (TPSA) is 38.1 Å². The summed E-state index contributed by atoms with van der Waals surface area (Å²) in [6, 6.07) is 15.9. The predicted molar refractivity (Wildman–Crippen MR) is 94.3 cm³/mol. The Morgan fingerprint density at radius 2 is 1.91 bits per heavy atom. The Morgan fingerprint density at radius 3 is 2.68 bits per heavy atom. The van der Waals surface area contributed by atoms with Crippen LogP contribution in [0.5, 0.6) is 0 Å². The second kappa shape index (κ2) is 7.22. The van der Waals surface area contributed by atoms with Crippen LogP contribution in [-0.2, 0) is 13.1 Å². The van der Waals surface area contributed by atoms with E-state index >= 15 is 0 Å². The Morgan fingerprint density at radius 1 is 1.00 bits per heavy atom. The molecule has 0 amide bonds. The van der Waals surface area contributed by atoms with E-state index in [1.165, 1.54) is 0 Å². The highest BCUT2D eigenvalue weighted by molar-refractivity contribution is 9.11. The van der Waals surface area contributed by atoms with Gasteiger partial charge in [0.2, 0.25) is 0 Å². The first-order valence-electron chi connectivity index (χ1n) is 6.87. The Labute approximate surface area is 146 Å². The molecule has 0 radical (unpaired) electrons. The summed E-state index contributed by atoms with van der Waals surface area (Å²) in [5.74, 6) is 1.76. The SMILES string of the molecule is Brc1ccc(-c2ccc(CNCc3ccccn3)o2)c(Br)c1. The van der Waals surface area contributed by atoms with Crippen molar-refractivity contribution in [2.24, 2.45) is 0 Å². The van der Waals surface area contributed by atoms with Crippen LogP contribution in [0.25, 0.3) is 11.3 Å². The van der Waals surface area contributed by atoms with Gasteiger partial charge in [-0.1, -0.05) is 22.0 Å². The molecule has 0 spiro atoms. The molecule has 0 saturated heterocycles. The van der Waals surface area contributed by atoms with Crippen LogP contribution < -0.4 is 5.32 Å². The molecule has 0 saturated carbocycles. The van der Waals surface area contributed by atoms with Crippen molar-refractivity contribution < 1.29 is 4.42 Å². The molecule has 0 fully saturated rings. The van der Waals surface area contributed by atoms with Crippen LogP contribution in [0, 0.1) is 0 Å². The molecule has 0 aliphatic rings. The number of benzene rings is 1. The van der Waals surface area contributed by atoms with E-state index in [4.69, 9.17) is 4.42 Å². The maximum absolute atomic E-state index is 5.90. The molecule has 2 aromatic heterocycles. The summed E-state index contributed by atoms with van der Waals surface area (Å²) in [4.78, 5) is 4.28. The number of hydrogen-bond acceptors (Lipinski definition) is 3. The monoisotopic (exact) mass is 420 g/mol. The molecule has 5 heteroatoms. The summed E-state index contributed by atoms with van der Waals surface area (Å²) >= 11 is 7.02. The minimum atomic E-state index is 0.671. The summed E-state index contributed by atoms with van der Waals surface area (Å²) in [6.45, 7) is 1.39. The summed E-state index contributed by atoms with van der Waals surface area (Å²) in [5, 5.41) is 3.33. The van der Waals surface area contributed by atoms with E-state index < -0.39 is 0 Å². The number of pyridine rings is 1. The average Bonchev–Trinajstić information content (AvgIpc) is 2.97. The van der Waals surface area contributed by atoms with Crippen LogP contribution in [0.1, 0.15) is 11.5 Å². The van der Waals surface area contributed by atoms with Gasteiger partial charge in [-0.2, -0.15) is 0 Å². The summed E-state index contributed by atoms with van der Waals surface area (Å²) in [5.41, 5.74) is 2.06. The second-order valence-corrected chi connectivity index (χ2v) is 6.58. The first-order valence-corrected chi connectivity index (χ1v) is 8.46. The molecule has 0 aliphatic heterocycles. The van der Waals surface area contributed by atoms with Gasteiger partial charge in [-0.25, -0.2) is 0 Å². The van der Waals surface area contributed by atoms with E-state index in [9.17, 15) is 0 Å². The molecule has 22 heavy (non-hydrogen) atoms. The Kier molecular flexibility index (Phi) is 5.08. The van der Waals surface area contributed by atoms with Gasteiger partial charge in [0, 0.05) is 27.3 Å². The number of furan rings is 1. The largest absolute Gasteiger partial charge is 0.460 e. The summed E-state index contributed by atoms with van der Waals surface area (Å²) < 4.78 is 7.94. The third kappa shape index (κ3) is 3.85. The van der Waals surface area contributed by atoms with Crippen molar-refractivity contribution >= 4 is 31.9 Å². The van der Waals surface area contributed by atoms with Crippen LogP contribution in [-0.4, -0.2) is 4.98 Å². The van der Waals surface area contributed by atoms with Crippen LogP contribution in [0.4, 0.5) is 0 Å². The number of nitrogens with one attached hydrogen (secondary N) is 1. The van der Waals surface area contributed by atoms with Crippen LogP contribution in [0.15, 0.2) is 68.1 Å². The quantitative estimate of drug-likeness (QED) is 0.618. The first kappa shape index (κ1) is 15.5. The van der Waals surface area contributed by atoms with Gasteiger partial charge >= 0.3 is 0 Å². The van der Waals surface area contributed by atoms with E-state index in [2.05, 4.69) is 42.2 Å². The molecule has 0 atom stereocenters. The van der Waals surface area contributed by atoms with Crippen molar-refractivity contribution in [2.75, 3.05) is 0 Å². The number of rotatable bonds is 5. The van der Waals surface area contributed by atoms with Gasteiger partial charge in [-0.15, -0.1) is 0 Å². The lowest BCUT2D eigenvalue weighted by Crippen LogP contribution is -2.12. The second-order valence-electron chi connectivity index (χ2n) is 4.81. The smallest absolute Gasteiger partial charge is 0.135 e. The number of nitrogens with zero attached hydrogens (tertiary/aromatic N) is 1. The van der Waals surface area contributed by atoms with E-state index in [-0.39, 0.29) is 0 Å². The van der Waals surface area contributed by atoms with Crippen molar-refractivity contribution in [1.82, 2.24) is 10.3 Å². The van der Waals surface area contributed by atoms with E-state index in [1.807, 2.05) is 48.5 Å². The zero-order chi connectivity index (χ0) is 15.4. The molecule has 2 heterocycles. The highest BCUT2D eigenvalue weighted by Crippen LogP contribution is 2.31. The lowest BCUT2D eigenvalue weighted by atomic mass is 10.2. The highest BCUT2D eigenvalue weighted by Gasteiger charge is 2.08. The molecule has 1 aromatic carbocycles. The van der Waals surface area contributed by atoms with E-state index in [0.29, 0.717) is 6.54 Å². The minimum absolute atomic E-state index is 0.671. The van der Waals surface area contributed by atoms with Crippen LogP contribution in [0.3, 0.4) is 0 Å².